The molecule has 0 atom stereocenters. The van der Waals surface area contributed by atoms with E-state index in [-0.39, 0.29) is 11.1 Å². The van der Waals surface area contributed by atoms with E-state index in [0.717, 1.165) is 0 Å². The van der Waals surface area contributed by atoms with Crippen LogP contribution in [-0.4, -0.2) is 47.3 Å². The van der Waals surface area contributed by atoms with Crippen LogP contribution in [0.25, 0.3) is 0 Å². The van der Waals surface area contributed by atoms with Gasteiger partial charge in [-0.05, 0) is 0 Å². The van der Waals surface area contributed by atoms with E-state index < -0.39 is 23.5 Å². The van der Waals surface area contributed by atoms with Crippen molar-refractivity contribution in [1.82, 2.24) is 0 Å². The van der Waals surface area contributed by atoms with Crippen molar-refractivity contribution in [3.05, 3.63) is 59.7 Å². The summed E-state index contributed by atoms with van der Waals surface area (Å²) >= 11 is 1.16. The Morgan fingerprint density at radius 2 is 1.15 bits per heavy atom. The van der Waals surface area contributed by atoms with Gasteiger partial charge in [0.2, 0.25) is 0 Å². The van der Waals surface area contributed by atoms with Crippen molar-refractivity contribution in [2.24, 2.45) is 0 Å². The molecule has 102 valence electrons. The van der Waals surface area contributed by atoms with Crippen molar-refractivity contribution in [1.29, 1.82) is 0 Å². The predicted molar refractivity (Wildman–Crippen MR) is 77.6 cm³/mol. The van der Waals surface area contributed by atoms with E-state index in [1.807, 2.05) is 0 Å². The Labute approximate surface area is 125 Å². The fourth-order valence-corrected chi connectivity index (χ4v) is 7.73. The molecule has 2 N–H and O–H groups in total. The van der Waals surface area contributed by atoms with Gasteiger partial charge in [0.15, 0.2) is 0 Å². The predicted octanol–water partition coefficient (Wildman–Crippen LogP) is 0.357. The Balaban J connectivity index is 2.59. The fraction of sp³-hybridized carbons (Fsp3) is 0. The third-order valence-corrected chi connectivity index (χ3v) is 9.72. The normalized spacial score (nSPS) is 10.4. The number of carboxylic acid groups (broad SMARTS) is 2. The second-order valence-corrected chi connectivity index (χ2v) is 10.5. The summed E-state index contributed by atoms with van der Waals surface area (Å²) in [6.45, 7) is 0. The molecule has 0 fully saturated rings. The molecule has 4 nitrogen and oxygen atoms in total. The minimum absolute atomic E-state index is 0.219. The molecule has 0 radical (unpaired) electrons. The SMILES string of the molecule is O=C(O)c1ccccc1[Se](=[Se])c1ccccc1C(=O)O. The van der Waals surface area contributed by atoms with E-state index in [1.54, 1.807) is 36.4 Å². The van der Waals surface area contributed by atoms with Gasteiger partial charge in [0, 0.05) is 0 Å². The standard InChI is InChI=1S/C14H10O4Se2/c15-13(16)9-5-1-3-7-11(9)20(19)12-8-4-2-6-10(12)14(17)18/h1-8H,(H,15,16)(H,17,18). The molecule has 2 rings (SSSR count). The minimum atomic E-state index is -1.84. The van der Waals surface area contributed by atoms with Crippen LogP contribution in [0.2, 0.25) is 0 Å². The van der Waals surface area contributed by atoms with Crippen LogP contribution in [0.1, 0.15) is 20.7 Å². The number of benzene rings is 2. The average Bonchev–Trinajstić information content (AvgIpc) is 2.46. The maximum atomic E-state index is 11.3. The first-order valence-corrected chi connectivity index (χ1v) is 11.6. The summed E-state index contributed by atoms with van der Waals surface area (Å²) < 4.78 is 1.35. The zero-order valence-electron chi connectivity index (χ0n) is 10.1. The van der Waals surface area contributed by atoms with Gasteiger partial charge >= 0.3 is 126 Å². The molecule has 0 saturated carbocycles. The molecule has 0 unspecified atom stereocenters. The van der Waals surface area contributed by atoms with Gasteiger partial charge in [0.1, 0.15) is 0 Å². The molecule has 0 saturated heterocycles. The summed E-state index contributed by atoms with van der Waals surface area (Å²) in [7, 11) is 0. The second-order valence-electron chi connectivity index (χ2n) is 3.87. The second kappa shape index (κ2) is 6.25. The Morgan fingerprint density at radius 3 is 1.50 bits per heavy atom. The molecule has 2 aromatic rings. The molecule has 0 spiro atoms. The van der Waals surface area contributed by atoms with Gasteiger partial charge in [-0.25, -0.2) is 0 Å². The molecule has 0 aromatic heterocycles. The zero-order chi connectivity index (χ0) is 14.7. The van der Waals surface area contributed by atoms with Crippen molar-refractivity contribution in [2.45, 2.75) is 0 Å². The van der Waals surface area contributed by atoms with Gasteiger partial charge in [-0.15, -0.1) is 0 Å². The zero-order valence-corrected chi connectivity index (χ0v) is 13.6. The van der Waals surface area contributed by atoms with Crippen molar-refractivity contribution < 1.29 is 19.8 Å². The number of hydrogen-bond donors (Lipinski definition) is 2. The van der Waals surface area contributed by atoms with E-state index in [1.165, 1.54) is 12.1 Å². The van der Waals surface area contributed by atoms with Gasteiger partial charge < -0.3 is 0 Å². The molecule has 0 aliphatic rings. The Morgan fingerprint density at radius 1 is 0.800 bits per heavy atom. The molecule has 0 bridgehead atoms. The molecule has 0 amide bonds. The third kappa shape index (κ3) is 2.94. The molecule has 0 aliphatic carbocycles. The van der Waals surface area contributed by atoms with Gasteiger partial charge in [-0.1, -0.05) is 0 Å². The summed E-state index contributed by atoms with van der Waals surface area (Å²) in [5.41, 5.74) is 0.438. The number of aromatic carboxylic acids is 2. The van der Waals surface area contributed by atoms with Gasteiger partial charge in [-0.3, -0.25) is 0 Å². The molecule has 0 heterocycles. The van der Waals surface area contributed by atoms with E-state index in [4.69, 9.17) is 0 Å². The van der Waals surface area contributed by atoms with E-state index in [0.29, 0.717) is 8.92 Å². The Kier molecular flexibility index (Phi) is 4.63. The number of hydrogen-bond acceptors (Lipinski definition) is 2. The van der Waals surface area contributed by atoms with Crippen LogP contribution in [0.15, 0.2) is 48.5 Å². The van der Waals surface area contributed by atoms with E-state index in [9.17, 15) is 19.8 Å². The first-order valence-electron chi connectivity index (χ1n) is 5.59. The van der Waals surface area contributed by atoms with Crippen LogP contribution in [-0.2, 0) is 0 Å². The molecular formula is C14H10O4Se2. The van der Waals surface area contributed by atoms with Crippen LogP contribution in [0, 0.1) is 0 Å². The first kappa shape index (κ1) is 14.8. The molecule has 2 aromatic carbocycles. The third-order valence-electron chi connectivity index (χ3n) is 2.63. The van der Waals surface area contributed by atoms with Crippen LogP contribution < -0.4 is 8.92 Å². The quantitative estimate of drug-likeness (QED) is 0.727. The van der Waals surface area contributed by atoms with Crippen molar-refractivity contribution in [2.75, 3.05) is 0 Å². The van der Waals surface area contributed by atoms with Crippen molar-refractivity contribution in [3.63, 3.8) is 0 Å². The van der Waals surface area contributed by atoms with E-state index in [2.05, 4.69) is 13.7 Å². The molecule has 0 aliphatic heterocycles. The summed E-state index contributed by atoms with van der Waals surface area (Å²) in [5, 5.41) is 18.5. The summed E-state index contributed by atoms with van der Waals surface area (Å²) in [4.78, 5) is 22.5. The van der Waals surface area contributed by atoms with Crippen LogP contribution in [0.5, 0.6) is 0 Å². The summed E-state index contributed by atoms with van der Waals surface area (Å²) in [6.07, 6.45) is 0. The first-order chi connectivity index (χ1) is 9.52. The monoisotopic (exact) mass is 402 g/mol. The van der Waals surface area contributed by atoms with Crippen molar-refractivity contribution in [3.8, 4) is 0 Å². The van der Waals surface area contributed by atoms with Gasteiger partial charge in [-0.2, -0.15) is 0 Å². The van der Waals surface area contributed by atoms with Crippen LogP contribution in [0.4, 0.5) is 0 Å². The van der Waals surface area contributed by atoms with Gasteiger partial charge in [0.05, 0.1) is 0 Å². The van der Waals surface area contributed by atoms with Crippen LogP contribution in [0.3, 0.4) is 0 Å². The number of rotatable bonds is 4. The average molecular weight is 400 g/mol. The summed E-state index contributed by atoms with van der Waals surface area (Å²) in [5.74, 6) is -2.00. The summed E-state index contributed by atoms with van der Waals surface area (Å²) in [6, 6.07) is 13.4. The van der Waals surface area contributed by atoms with Gasteiger partial charge in [0.25, 0.3) is 0 Å². The molecule has 6 heteroatoms. The topological polar surface area (TPSA) is 74.6 Å². The number of carboxylic acids is 2. The maximum absolute atomic E-state index is 11.3. The molecular weight excluding hydrogens is 390 g/mol. The van der Waals surface area contributed by atoms with Crippen molar-refractivity contribution >= 4 is 46.1 Å². The van der Waals surface area contributed by atoms with Crippen LogP contribution >= 0.6 is 0 Å². The number of carbonyl (C=O) groups is 2. The molecule has 20 heavy (non-hydrogen) atoms. The van der Waals surface area contributed by atoms with E-state index >= 15 is 0 Å². The fourth-order valence-electron chi connectivity index (χ4n) is 1.73. The Bertz CT molecular complexity index is 650. The Hall–Kier alpha value is -1.58.